The van der Waals surface area contributed by atoms with Crippen LogP contribution in [0.4, 0.5) is 0 Å². The number of imidazole rings is 1. The van der Waals surface area contributed by atoms with Crippen LogP contribution < -0.4 is 5.73 Å². The van der Waals surface area contributed by atoms with Crippen LogP contribution in [0.1, 0.15) is 37.5 Å². The number of H-pyrrole nitrogens is 1. The SMILES string of the molecule is C=C(N)c1ccc2nc(-c3cc(CC)cc(-c4cccc(C)c4)c3)[nH]c2c1.CC. The summed E-state index contributed by atoms with van der Waals surface area (Å²) in [6.07, 6.45) is 0.976. The first kappa shape index (κ1) is 20.4. The van der Waals surface area contributed by atoms with Crippen LogP contribution in [0.25, 0.3) is 39.2 Å². The molecule has 0 aliphatic rings. The molecule has 0 fully saturated rings. The van der Waals surface area contributed by atoms with E-state index in [1.165, 1.54) is 22.3 Å². The van der Waals surface area contributed by atoms with E-state index in [-0.39, 0.29) is 0 Å². The first-order chi connectivity index (χ1) is 14.0. The highest BCUT2D eigenvalue weighted by Crippen LogP contribution is 2.29. The van der Waals surface area contributed by atoms with Crippen LogP contribution in [0.2, 0.25) is 0 Å². The zero-order valence-electron chi connectivity index (χ0n) is 17.7. The molecule has 0 aliphatic heterocycles. The van der Waals surface area contributed by atoms with Gasteiger partial charge in [0.15, 0.2) is 0 Å². The van der Waals surface area contributed by atoms with Gasteiger partial charge in [0.05, 0.1) is 11.0 Å². The molecule has 3 heteroatoms. The third kappa shape index (κ3) is 4.40. The van der Waals surface area contributed by atoms with Crippen molar-refractivity contribution in [2.45, 2.75) is 34.1 Å². The number of nitrogens with one attached hydrogen (secondary N) is 1. The van der Waals surface area contributed by atoms with Crippen molar-refractivity contribution in [3.63, 3.8) is 0 Å². The molecule has 0 atom stereocenters. The molecule has 148 valence electrons. The van der Waals surface area contributed by atoms with Crippen molar-refractivity contribution in [2.24, 2.45) is 5.73 Å². The molecule has 0 unspecified atom stereocenters. The first-order valence-corrected chi connectivity index (χ1v) is 10.2. The van der Waals surface area contributed by atoms with Gasteiger partial charge in [0.25, 0.3) is 0 Å². The number of hydrogen-bond acceptors (Lipinski definition) is 2. The smallest absolute Gasteiger partial charge is 0.138 e. The third-order valence-electron chi connectivity index (χ3n) is 4.88. The average Bonchev–Trinajstić information content (AvgIpc) is 3.18. The highest BCUT2D eigenvalue weighted by molar-refractivity contribution is 5.84. The maximum absolute atomic E-state index is 5.83. The van der Waals surface area contributed by atoms with Gasteiger partial charge in [0.1, 0.15) is 5.82 Å². The number of hydrogen-bond donors (Lipinski definition) is 2. The Morgan fingerprint density at radius 1 is 0.966 bits per heavy atom. The molecule has 1 heterocycles. The lowest BCUT2D eigenvalue weighted by atomic mass is 9.97. The van der Waals surface area contributed by atoms with E-state index < -0.39 is 0 Å². The molecule has 0 spiro atoms. The Kier molecular flexibility index (Phi) is 6.18. The van der Waals surface area contributed by atoms with Crippen molar-refractivity contribution in [3.05, 3.63) is 83.9 Å². The largest absolute Gasteiger partial charge is 0.399 e. The fourth-order valence-corrected chi connectivity index (χ4v) is 3.37. The maximum atomic E-state index is 5.83. The molecule has 29 heavy (non-hydrogen) atoms. The van der Waals surface area contributed by atoms with Crippen LogP contribution in [-0.4, -0.2) is 9.97 Å². The van der Waals surface area contributed by atoms with Gasteiger partial charge in [0.2, 0.25) is 0 Å². The molecular weight excluding hydrogens is 354 g/mol. The van der Waals surface area contributed by atoms with E-state index in [0.29, 0.717) is 5.70 Å². The lowest BCUT2D eigenvalue weighted by Crippen LogP contribution is -1.92. The van der Waals surface area contributed by atoms with Gasteiger partial charge in [-0.25, -0.2) is 4.98 Å². The average molecular weight is 384 g/mol. The van der Waals surface area contributed by atoms with Gasteiger partial charge >= 0.3 is 0 Å². The molecule has 0 radical (unpaired) electrons. The Balaban J connectivity index is 0.00000117. The van der Waals surface area contributed by atoms with E-state index in [0.717, 1.165) is 34.4 Å². The minimum absolute atomic E-state index is 0.558. The summed E-state index contributed by atoms with van der Waals surface area (Å²) in [5, 5.41) is 0. The van der Waals surface area contributed by atoms with Gasteiger partial charge < -0.3 is 10.7 Å². The number of aromatic nitrogens is 2. The van der Waals surface area contributed by atoms with E-state index in [1.54, 1.807) is 0 Å². The van der Waals surface area contributed by atoms with Crippen molar-refractivity contribution in [3.8, 4) is 22.5 Å². The summed E-state index contributed by atoms with van der Waals surface area (Å²) in [7, 11) is 0. The van der Waals surface area contributed by atoms with E-state index in [9.17, 15) is 0 Å². The van der Waals surface area contributed by atoms with Crippen LogP contribution >= 0.6 is 0 Å². The lowest BCUT2D eigenvalue weighted by molar-refractivity contribution is 1.14. The minimum Gasteiger partial charge on any atom is -0.399 e. The van der Waals surface area contributed by atoms with Gasteiger partial charge in [0, 0.05) is 11.3 Å². The molecule has 0 bridgehead atoms. The number of fused-ring (bicyclic) bond motifs is 1. The third-order valence-corrected chi connectivity index (χ3v) is 4.88. The topological polar surface area (TPSA) is 54.7 Å². The van der Waals surface area contributed by atoms with Crippen LogP contribution in [-0.2, 0) is 6.42 Å². The molecule has 0 saturated heterocycles. The molecule has 1 aromatic heterocycles. The molecular formula is C26H29N3. The summed E-state index contributed by atoms with van der Waals surface area (Å²) in [6.45, 7) is 12.1. The Morgan fingerprint density at radius 3 is 2.41 bits per heavy atom. The Bertz CT molecular complexity index is 1150. The maximum Gasteiger partial charge on any atom is 0.138 e. The summed E-state index contributed by atoms with van der Waals surface area (Å²) in [5.41, 5.74) is 15.3. The van der Waals surface area contributed by atoms with Crippen molar-refractivity contribution in [1.29, 1.82) is 0 Å². The summed E-state index contributed by atoms with van der Waals surface area (Å²) >= 11 is 0. The Labute approximate surface area is 173 Å². The van der Waals surface area contributed by atoms with E-state index in [4.69, 9.17) is 10.7 Å². The van der Waals surface area contributed by atoms with Gasteiger partial charge in [-0.2, -0.15) is 0 Å². The predicted molar refractivity (Wildman–Crippen MR) is 126 cm³/mol. The number of benzene rings is 3. The van der Waals surface area contributed by atoms with E-state index in [2.05, 4.69) is 67.9 Å². The number of aryl methyl sites for hydroxylation is 2. The quantitative estimate of drug-likeness (QED) is 0.411. The van der Waals surface area contributed by atoms with Crippen molar-refractivity contribution < 1.29 is 0 Å². The van der Waals surface area contributed by atoms with Gasteiger partial charge in [-0.15, -0.1) is 0 Å². The second-order valence-electron chi connectivity index (χ2n) is 6.98. The normalized spacial score (nSPS) is 10.5. The summed E-state index contributed by atoms with van der Waals surface area (Å²) in [4.78, 5) is 8.23. The fraction of sp³-hybridized carbons (Fsp3) is 0.192. The highest BCUT2D eigenvalue weighted by atomic mass is 14.9. The minimum atomic E-state index is 0.558. The number of aromatic amines is 1. The van der Waals surface area contributed by atoms with Crippen LogP contribution in [0.15, 0.2) is 67.2 Å². The zero-order chi connectivity index (χ0) is 21.0. The second-order valence-corrected chi connectivity index (χ2v) is 6.98. The van der Waals surface area contributed by atoms with Gasteiger partial charge in [-0.3, -0.25) is 0 Å². The molecule has 3 aromatic carbocycles. The molecule has 0 amide bonds. The molecule has 4 rings (SSSR count). The summed E-state index contributed by atoms with van der Waals surface area (Å²) in [5.74, 6) is 0.869. The first-order valence-electron chi connectivity index (χ1n) is 10.2. The summed E-state index contributed by atoms with van der Waals surface area (Å²) < 4.78 is 0. The zero-order valence-corrected chi connectivity index (χ0v) is 17.7. The number of nitrogens with zero attached hydrogens (tertiary/aromatic N) is 1. The van der Waals surface area contributed by atoms with Crippen LogP contribution in [0.5, 0.6) is 0 Å². The van der Waals surface area contributed by atoms with Crippen molar-refractivity contribution >= 4 is 16.7 Å². The van der Waals surface area contributed by atoms with Crippen LogP contribution in [0.3, 0.4) is 0 Å². The number of nitrogens with two attached hydrogens (primary N) is 1. The molecule has 0 saturated carbocycles. The lowest BCUT2D eigenvalue weighted by Gasteiger charge is -2.09. The van der Waals surface area contributed by atoms with Gasteiger partial charge in [-0.1, -0.05) is 69.3 Å². The van der Waals surface area contributed by atoms with Crippen LogP contribution in [0, 0.1) is 6.92 Å². The molecule has 0 aliphatic carbocycles. The second kappa shape index (κ2) is 8.78. The van der Waals surface area contributed by atoms with Crippen molar-refractivity contribution in [1.82, 2.24) is 9.97 Å². The van der Waals surface area contributed by atoms with E-state index >= 15 is 0 Å². The monoisotopic (exact) mass is 383 g/mol. The predicted octanol–water partition coefficient (Wildman–Crippen LogP) is 6.72. The number of rotatable bonds is 4. The fourth-order valence-electron chi connectivity index (χ4n) is 3.37. The molecule has 4 aromatic rings. The highest BCUT2D eigenvalue weighted by Gasteiger charge is 2.10. The Morgan fingerprint density at radius 2 is 1.72 bits per heavy atom. The summed E-state index contributed by atoms with van der Waals surface area (Å²) in [6, 6.07) is 21.2. The van der Waals surface area contributed by atoms with Gasteiger partial charge in [-0.05, 0) is 59.9 Å². The van der Waals surface area contributed by atoms with E-state index in [1.807, 2.05) is 32.0 Å². The molecule has 3 nitrogen and oxygen atoms in total. The molecule has 3 N–H and O–H groups in total. The Hall–Kier alpha value is -3.33. The van der Waals surface area contributed by atoms with Crippen molar-refractivity contribution in [2.75, 3.05) is 0 Å². The standard InChI is InChI=1S/C24H23N3.C2H6/c1-4-17-11-20(19-7-5-6-15(2)10-19)13-21(12-17)24-26-22-9-8-18(16(3)25)14-23(22)27-24;1-2/h5-14H,3-4,25H2,1-2H3,(H,26,27);1-2H3.